The van der Waals surface area contributed by atoms with E-state index < -0.39 is 21.9 Å². The first-order chi connectivity index (χ1) is 14.7. The van der Waals surface area contributed by atoms with E-state index in [4.69, 9.17) is 4.52 Å². The van der Waals surface area contributed by atoms with E-state index in [0.717, 1.165) is 0 Å². The van der Waals surface area contributed by atoms with Gasteiger partial charge in [-0.1, -0.05) is 25.1 Å². The molecule has 1 fully saturated rings. The van der Waals surface area contributed by atoms with Gasteiger partial charge in [0.05, 0.1) is 11.5 Å². The van der Waals surface area contributed by atoms with Crippen LogP contribution in [-0.2, 0) is 16.3 Å². The summed E-state index contributed by atoms with van der Waals surface area (Å²) < 4.78 is 28.2. The van der Waals surface area contributed by atoms with E-state index >= 15 is 0 Å². The van der Waals surface area contributed by atoms with Gasteiger partial charge in [0.15, 0.2) is 15.7 Å². The molecule has 168 valence electrons. The zero-order valence-corrected chi connectivity index (χ0v) is 18.4. The predicted molar refractivity (Wildman–Crippen MR) is 115 cm³/mol. The summed E-state index contributed by atoms with van der Waals surface area (Å²) in [6.07, 6.45) is 1.62. The molecule has 3 amide bonds. The number of sulfone groups is 1. The molecule has 1 saturated heterocycles. The zero-order valence-electron chi connectivity index (χ0n) is 17.6. The van der Waals surface area contributed by atoms with Gasteiger partial charge in [-0.05, 0) is 31.0 Å². The van der Waals surface area contributed by atoms with Gasteiger partial charge in [-0.3, -0.25) is 4.79 Å². The number of hydrogen-bond acceptors (Lipinski definition) is 7. The number of aryl methyl sites for hydroxylation is 1. The van der Waals surface area contributed by atoms with Gasteiger partial charge in [-0.2, -0.15) is 4.98 Å². The fourth-order valence-electron chi connectivity index (χ4n) is 3.15. The minimum Gasteiger partial charge on any atom is -0.352 e. The van der Waals surface area contributed by atoms with Crippen LogP contribution in [0, 0.1) is 0 Å². The topological polar surface area (TPSA) is 143 Å². The molecule has 10 nitrogen and oxygen atoms in total. The molecule has 1 unspecified atom stereocenters. The molecule has 0 aliphatic carbocycles. The number of aromatic nitrogens is 2. The van der Waals surface area contributed by atoms with Gasteiger partial charge < -0.3 is 20.5 Å². The SMILES string of the molecule is CC(C)c1noc(CCCNC(=O)c2cccc(NC(=O)NC3CCS(=O)(=O)C3)c2)n1. The van der Waals surface area contributed by atoms with Crippen molar-refractivity contribution >= 4 is 27.5 Å². The van der Waals surface area contributed by atoms with Crippen molar-refractivity contribution in [2.75, 3.05) is 23.4 Å². The van der Waals surface area contributed by atoms with Gasteiger partial charge in [0.25, 0.3) is 5.91 Å². The van der Waals surface area contributed by atoms with Gasteiger partial charge in [-0.25, -0.2) is 13.2 Å². The van der Waals surface area contributed by atoms with E-state index in [1.54, 1.807) is 24.3 Å². The number of carbonyl (C=O) groups excluding carboxylic acids is 2. The normalized spacial score (nSPS) is 17.5. The van der Waals surface area contributed by atoms with E-state index in [0.29, 0.717) is 48.8 Å². The first-order valence-corrected chi connectivity index (χ1v) is 12.0. The number of hydrogen-bond donors (Lipinski definition) is 3. The Hall–Kier alpha value is -2.95. The quantitative estimate of drug-likeness (QED) is 0.522. The van der Waals surface area contributed by atoms with E-state index in [1.807, 2.05) is 13.8 Å². The van der Waals surface area contributed by atoms with Crippen molar-refractivity contribution in [2.24, 2.45) is 0 Å². The van der Waals surface area contributed by atoms with Crippen LogP contribution in [0.2, 0.25) is 0 Å². The highest BCUT2D eigenvalue weighted by molar-refractivity contribution is 7.91. The third-order valence-corrected chi connectivity index (χ3v) is 6.57. The van der Waals surface area contributed by atoms with Crippen LogP contribution in [0.1, 0.15) is 54.7 Å². The van der Waals surface area contributed by atoms with Crippen LogP contribution in [0.25, 0.3) is 0 Å². The van der Waals surface area contributed by atoms with Gasteiger partial charge in [0, 0.05) is 36.2 Å². The van der Waals surface area contributed by atoms with Crippen molar-refractivity contribution < 1.29 is 22.5 Å². The lowest BCUT2D eigenvalue weighted by Gasteiger charge is -2.12. The highest BCUT2D eigenvalue weighted by Crippen LogP contribution is 2.14. The average Bonchev–Trinajstić information content (AvgIpc) is 3.31. The molecule has 1 aliphatic heterocycles. The molecule has 11 heteroatoms. The molecule has 3 rings (SSSR count). The third-order valence-electron chi connectivity index (χ3n) is 4.80. The lowest BCUT2D eigenvalue weighted by molar-refractivity contribution is 0.0953. The highest BCUT2D eigenvalue weighted by atomic mass is 32.2. The Morgan fingerprint density at radius 1 is 1.29 bits per heavy atom. The van der Waals surface area contributed by atoms with E-state index in [-0.39, 0.29) is 23.3 Å². The second kappa shape index (κ2) is 9.90. The largest absolute Gasteiger partial charge is 0.352 e. The fourth-order valence-corrected chi connectivity index (χ4v) is 4.82. The van der Waals surface area contributed by atoms with Crippen LogP contribution in [0.15, 0.2) is 28.8 Å². The van der Waals surface area contributed by atoms with Crippen LogP contribution >= 0.6 is 0 Å². The summed E-state index contributed by atoms with van der Waals surface area (Å²) in [5.41, 5.74) is 0.846. The Morgan fingerprint density at radius 2 is 2.10 bits per heavy atom. The minimum absolute atomic E-state index is 0.0504. The van der Waals surface area contributed by atoms with E-state index in [9.17, 15) is 18.0 Å². The Kier molecular flexibility index (Phi) is 7.26. The number of carbonyl (C=O) groups is 2. The van der Waals surface area contributed by atoms with Gasteiger partial charge in [0.2, 0.25) is 5.89 Å². The van der Waals surface area contributed by atoms with E-state index in [2.05, 4.69) is 26.1 Å². The van der Waals surface area contributed by atoms with E-state index in [1.165, 1.54) is 0 Å². The summed E-state index contributed by atoms with van der Waals surface area (Å²) in [6.45, 7) is 4.41. The first kappa shape index (κ1) is 22.7. The third kappa shape index (κ3) is 6.78. The van der Waals surface area contributed by atoms with Gasteiger partial charge in [0.1, 0.15) is 0 Å². The fraction of sp³-hybridized carbons (Fsp3) is 0.500. The average molecular weight is 450 g/mol. The standard InChI is InChI=1S/C20H27N5O5S/c1-13(2)18-24-17(30-25-18)7-4-9-21-19(26)14-5-3-6-15(11-14)22-20(27)23-16-8-10-31(28,29)12-16/h3,5-6,11,13,16H,4,7-10,12H2,1-2H3,(H,21,26)(H2,22,23,27). The number of rotatable bonds is 8. The Bertz CT molecular complexity index is 1030. The van der Waals surface area contributed by atoms with Crippen molar-refractivity contribution in [3.8, 4) is 0 Å². The number of nitrogens with one attached hydrogen (secondary N) is 3. The molecule has 3 N–H and O–H groups in total. The van der Waals surface area contributed by atoms with Crippen molar-refractivity contribution in [3.05, 3.63) is 41.5 Å². The summed E-state index contributed by atoms with van der Waals surface area (Å²) >= 11 is 0. The Balaban J connectivity index is 1.44. The number of urea groups is 1. The Morgan fingerprint density at radius 3 is 2.77 bits per heavy atom. The van der Waals surface area contributed by atoms with Gasteiger partial charge >= 0.3 is 6.03 Å². The second-order valence-electron chi connectivity index (χ2n) is 7.84. The maximum absolute atomic E-state index is 12.4. The van der Waals surface area contributed by atoms with Gasteiger partial charge in [-0.15, -0.1) is 0 Å². The molecule has 1 aliphatic rings. The lowest BCUT2D eigenvalue weighted by Crippen LogP contribution is -2.38. The van der Waals surface area contributed by atoms with Crippen molar-refractivity contribution in [1.29, 1.82) is 0 Å². The van der Waals surface area contributed by atoms with Crippen molar-refractivity contribution in [2.45, 2.75) is 45.1 Å². The maximum atomic E-state index is 12.4. The second-order valence-corrected chi connectivity index (χ2v) is 10.1. The number of amides is 3. The molecule has 31 heavy (non-hydrogen) atoms. The Labute approximate surface area is 181 Å². The molecule has 0 radical (unpaired) electrons. The minimum atomic E-state index is -3.07. The summed E-state index contributed by atoms with van der Waals surface area (Å²) in [4.78, 5) is 28.8. The van der Waals surface area contributed by atoms with Crippen LogP contribution in [0.5, 0.6) is 0 Å². The highest BCUT2D eigenvalue weighted by Gasteiger charge is 2.28. The van der Waals surface area contributed by atoms with Crippen LogP contribution in [0.3, 0.4) is 0 Å². The first-order valence-electron chi connectivity index (χ1n) is 10.2. The molecule has 0 bridgehead atoms. The summed E-state index contributed by atoms with van der Waals surface area (Å²) in [5, 5.41) is 12.0. The van der Waals surface area contributed by atoms with Crippen molar-refractivity contribution in [3.63, 3.8) is 0 Å². The summed E-state index contributed by atoms with van der Waals surface area (Å²) in [7, 11) is -3.07. The number of nitrogens with zero attached hydrogens (tertiary/aromatic N) is 2. The monoisotopic (exact) mass is 449 g/mol. The maximum Gasteiger partial charge on any atom is 0.319 e. The van der Waals surface area contributed by atoms with Crippen molar-refractivity contribution in [1.82, 2.24) is 20.8 Å². The molecule has 2 aromatic rings. The number of anilines is 1. The van der Waals surface area contributed by atoms with Crippen LogP contribution in [-0.4, -0.2) is 54.6 Å². The predicted octanol–water partition coefficient (Wildman–Crippen LogP) is 1.86. The zero-order chi connectivity index (χ0) is 22.4. The smallest absolute Gasteiger partial charge is 0.319 e. The van der Waals surface area contributed by atoms with Crippen LogP contribution in [0.4, 0.5) is 10.5 Å². The molecular formula is C20H27N5O5S. The molecule has 1 atom stereocenters. The van der Waals surface area contributed by atoms with Crippen LogP contribution < -0.4 is 16.0 Å². The molecule has 0 spiro atoms. The lowest BCUT2D eigenvalue weighted by atomic mass is 10.2. The molecule has 0 saturated carbocycles. The summed E-state index contributed by atoms with van der Waals surface area (Å²) in [6, 6.07) is 5.63. The molecule has 1 aromatic carbocycles. The number of benzene rings is 1. The molecule has 2 heterocycles. The molecule has 1 aromatic heterocycles. The molecular weight excluding hydrogens is 422 g/mol. The summed E-state index contributed by atoms with van der Waals surface area (Å²) in [5.74, 6) is 1.18.